The molecule has 0 spiro atoms. The number of carbonyl (C=O) groups is 1. The first kappa shape index (κ1) is 18.4. The van der Waals surface area contributed by atoms with Crippen molar-refractivity contribution in [1.29, 1.82) is 0 Å². The molecule has 0 aliphatic carbocycles. The molecule has 1 aromatic carbocycles. The Hall–Kier alpha value is -1.99. The summed E-state index contributed by atoms with van der Waals surface area (Å²) in [6, 6.07) is 5.10. The standard InChI is InChI=1S/C17H26N2O5/c1-19(12-14-5-4-8-23-14)17(20)18-13-6-7-15(22-3)16(11-13)24-10-9-21-2/h6-7,11,14H,4-5,8-10,12H2,1-3H3,(H,18,20)/t14-/m1/s1. The van der Waals surface area contributed by atoms with Crippen LogP contribution >= 0.6 is 0 Å². The maximum atomic E-state index is 12.3. The van der Waals surface area contributed by atoms with Crippen LogP contribution in [-0.2, 0) is 9.47 Å². The van der Waals surface area contributed by atoms with Gasteiger partial charge in [0.25, 0.3) is 0 Å². The minimum Gasteiger partial charge on any atom is -0.493 e. The number of amides is 2. The van der Waals surface area contributed by atoms with Crippen LogP contribution < -0.4 is 14.8 Å². The minimum atomic E-state index is -0.182. The molecule has 0 bridgehead atoms. The summed E-state index contributed by atoms with van der Waals surface area (Å²) in [6.45, 7) is 2.24. The molecular formula is C17H26N2O5. The second-order valence-electron chi connectivity index (χ2n) is 5.65. The van der Waals surface area contributed by atoms with Gasteiger partial charge in [0.05, 0.1) is 19.8 Å². The summed E-state index contributed by atoms with van der Waals surface area (Å²) in [6.07, 6.45) is 2.18. The average molecular weight is 338 g/mol. The Morgan fingerprint density at radius 3 is 2.83 bits per heavy atom. The van der Waals surface area contributed by atoms with Gasteiger partial charge >= 0.3 is 6.03 Å². The zero-order chi connectivity index (χ0) is 17.4. The number of nitrogens with one attached hydrogen (secondary N) is 1. The molecule has 1 heterocycles. The van der Waals surface area contributed by atoms with E-state index >= 15 is 0 Å². The fourth-order valence-electron chi connectivity index (χ4n) is 2.50. The molecule has 0 radical (unpaired) electrons. The summed E-state index contributed by atoms with van der Waals surface area (Å²) in [5.41, 5.74) is 0.646. The number of benzene rings is 1. The third-order valence-electron chi connectivity index (χ3n) is 3.81. The predicted octanol–water partition coefficient (Wildman–Crippen LogP) is 2.36. The zero-order valence-corrected chi connectivity index (χ0v) is 14.5. The molecule has 134 valence electrons. The van der Waals surface area contributed by atoms with Crippen LogP contribution in [0.4, 0.5) is 10.5 Å². The smallest absolute Gasteiger partial charge is 0.321 e. The molecule has 0 aromatic heterocycles. The molecule has 1 aliphatic rings. The summed E-state index contributed by atoms with van der Waals surface area (Å²) < 4.78 is 21.4. The number of likely N-dealkylation sites (N-methyl/N-ethyl adjacent to an activating group) is 1. The van der Waals surface area contributed by atoms with Crippen molar-refractivity contribution in [3.63, 3.8) is 0 Å². The van der Waals surface area contributed by atoms with E-state index in [2.05, 4.69) is 5.32 Å². The number of hydrogen-bond acceptors (Lipinski definition) is 5. The lowest BCUT2D eigenvalue weighted by molar-refractivity contribution is 0.0894. The number of rotatable bonds is 8. The number of hydrogen-bond donors (Lipinski definition) is 1. The van der Waals surface area contributed by atoms with Crippen molar-refractivity contribution in [3.05, 3.63) is 18.2 Å². The monoisotopic (exact) mass is 338 g/mol. The Labute approximate surface area is 142 Å². The van der Waals surface area contributed by atoms with Crippen LogP contribution in [0.3, 0.4) is 0 Å². The van der Waals surface area contributed by atoms with Crippen molar-refractivity contribution in [2.45, 2.75) is 18.9 Å². The van der Waals surface area contributed by atoms with Gasteiger partial charge in [0.1, 0.15) is 6.61 Å². The van der Waals surface area contributed by atoms with E-state index in [1.165, 1.54) is 0 Å². The molecule has 1 aromatic rings. The zero-order valence-electron chi connectivity index (χ0n) is 14.5. The van der Waals surface area contributed by atoms with E-state index in [0.717, 1.165) is 19.4 Å². The van der Waals surface area contributed by atoms with Gasteiger partial charge in [-0.3, -0.25) is 0 Å². The number of nitrogens with zero attached hydrogens (tertiary/aromatic N) is 1. The van der Waals surface area contributed by atoms with Crippen molar-refractivity contribution in [2.24, 2.45) is 0 Å². The maximum Gasteiger partial charge on any atom is 0.321 e. The first-order valence-electron chi connectivity index (χ1n) is 8.07. The van der Waals surface area contributed by atoms with Crippen LogP contribution in [0.2, 0.25) is 0 Å². The van der Waals surface area contributed by atoms with Crippen molar-refractivity contribution in [3.8, 4) is 11.5 Å². The van der Waals surface area contributed by atoms with E-state index in [1.54, 1.807) is 44.4 Å². The van der Waals surface area contributed by atoms with Gasteiger partial charge in [-0.1, -0.05) is 0 Å². The largest absolute Gasteiger partial charge is 0.493 e. The van der Waals surface area contributed by atoms with E-state index < -0.39 is 0 Å². The summed E-state index contributed by atoms with van der Waals surface area (Å²) in [7, 11) is 4.95. The quantitative estimate of drug-likeness (QED) is 0.737. The van der Waals surface area contributed by atoms with Crippen molar-refractivity contribution >= 4 is 11.7 Å². The fraction of sp³-hybridized carbons (Fsp3) is 0.588. The highest BCUT2D eigenvalue weighted by Gasteiger charge is 2.20. The van der Waals surface area contributed by atoms with Gasteiger partial charge in [0, 0.05) is 39.1 Å². The Morgan fingerprint density at radius 2 is 2.17 bits per heavy atom. The van der Waals surface area contributed by atoms with Gasteiger partial charge in [0.15, 0.2) is 11.5 Å². The lowest BCUT2D eigenvalue weighted by Gasteiger charge is -2.21. The van der Waals surface area contributed by atoms with E-state index in [-0.39, 0.29) is 12.1 Å². The number of anilines is 1. The normalized spacial score (nSPS) is 16.7. The van der Waals surface area contributed by atoms with E-state index in [1.807, 2.05) is 0 Å². The molecule has 1 N–H and O–H groups in total. The molecule has 2 amide bonds. The second kappa shape index (κ2) is 9.34. The van der Waals surface area contributed by atoms with Crippen LogP contribution in [0.15, 0.2) is 18.2 Å². The third-order valence-corrected chi connectivity index (χ3v) is 3.81. The third kappa shape index (κ3) is 5.28. The van der Waals surface area contributed by atoms with Gasteiger partial charge in [-0.2, -0.15) is 0 Å². The molecule has 7 nitrogen and oxygen atoms in total. The van der Waals surface area contributed by atoms with Crippen LogP contribution in [0, 0.1) is 0 Å². The number of ether oxygens (including phenoxy) is 4. The number of methoxy groups -OCH3 is 2. The Morgan fingerprint density at radius 1 is 1.33 bits per heavy atom. The van der Waals surface area contributed by atoms with Crippen LogP contribution in [0.25, 0.3) is 0 Å². The number of carbonyl (C=O) groups excluding carboxylic acids is 1. The highest BCUT2D eigenvalue weighted by Crippen LogP contribution is 2.30. The highest BCUT2D eigenvalue weighted by molar-refractivity contribution is 5.89. The SMILES string of the molecule is COCCOc1cc(NC(=O)N(C)C[C@H]2CCCO2)ccc1OC. The van der Waals surface area contributed by atoms with Gasteiger partial charge in [-0.25, -0.2) is 4.79 Å². The molecule has 0 saturated carbocycles. The van der Waals surface area contributed by atoms with Gasteiger partial charge in [0.2, 0.25) is 0 Å². The molecule has 1 atom stereocenters. The molecule has 1 saturated heterocycles. The highest BCUT2D eigenvalue weighted by atomic mass is 16.5. The number of urea groups is 1. The van der Waals surface area contributed by atoms with Crippen molar-refractivity contribution in [2.75, 3.05) is 52.9 Å². The fourth-order valence-corrected chi connectivity index (χ4v) is 2.50. The molecule has 2 rings (SSSR count). The lowest BCUT2D eigenvalue weighted by atomic mass is 10.2. The predicted molar refractivity (Wildman–Crippen MR) is 91.0 cm³/mol. The van der Waals surface area contributed by atoms with E-state index in [0.29, 0.717) is 36.9 Å². The molecule has 1 aliphatic heterocycles. The first-order valence-corrected chi connectivity index (χ1v) is 8.07. The van der Waals surface area contributed by atoms with Crippen LogP contribution in [-0.4, -0.2) is 64.7 Å². The van der Waals surface area contributed by atoms with E-state index in [4.69, 9.17) is 18.9 Å². The topological polar surface area (TPSA) is 69.3 Å². The summed E-state index contributed by atoms with van der Waals surface area (Å²) in [5.74, 6) is 1.17. The van der Waals surface area contributed by atoms with Gasteiger partial charge in [-0.15, -0.1) is 0 Å². The molecular weight excluding hydrogens is 312 g/mol. The maximum absolute atomic E-state index is 12.3. The molecule has 24 heavy (non-hydrogen) atoms. The lowest BCUT2D eigenvalue weighted by Crippen LogP contribution is -2.37. The molecule has 0 unspecified atom stereocenters. The average Bonchev–Trinajstić information content (AvgIpc) is 3.08. The minimum absolute atomic E-state index is 0.129. The molecule has 7 heteroatoms. The van der Waals surface area contributed by atoms with Crippen molar-refractivity contribution in [1.82, 2.24) is 4.90 Å². The van der Waals surface area contributed by atoms with Crippen LogP contribution in [0.1, 0.15) is 12.8 Å². The summed E-state index contributed by atoms with van der Waals surface area (Å²) in [4.78, 5) is 13.9. The van der Waals surface area contributed by atoms with Crippen molar-refractivity contribution < 1.29 is 23.7 Å². The van der Waals surface area contributed by atoms with Crippen LogP contribution in [0.5, 0.6) is 11.5 Å². The second-order valence-corrected chi connectivity index (χ2v) is 5.65. The summed E-state index contributed by atoms with van der Waals surface area (Å²) >= 11 is 0. The van der Waals surface area contributed by atoms with Gasteiger partial charge in [-0.05, 0) is 25.0 Å². The molecule has 1 fully saturated rings. The first-order chi connectivity index (χ1) is 11.6. The Bertz CT molecular complexity index is 532. The Balaban J connectivity index is 1.94. The van der Waals surface area contributed by atoms with Gasteiger partial charge < -0.3 is 29.2 Å². The summed E-state index contributed by atoms with van der Waals surface area (Å²) in [5, 5.41) is 2.86. The van der Waals surface area contributed by atoms with E-state index in [9.17, 15) is 4.79 Å². The Kier molecular flexibility index (Phi) is 7.14.